The van der Waals surface area contributed by atoms with E-state index in [4.69, 9.17) is 0 Å². The first-order chi connectivity index (χ1) is 12.1. The fraction of sp³-hybridized carbons (Fsp3) is 0.111. The average molecular weight is 398 g/mol. The molecule has 0 atom stereocenters. The van der Waals surface area contributed by atoms with E-state index in [2.05, 4.69) is 41.5 Å². The SMILES string of the molecule is Cc1nc(NCc2ccccn2)cc(C(=O)Nc2cccc(Br)c2)n1. The molecule has 126 valence electrons. The van der Waals surface area contributed by atoms with E-state index >= 15 is 0 Å². The van der Waals surface area contributed by atoms with Gasteiger partial charge in [0.1, 0.15) is 17.3 Å². The zero-order chi connectivity index (χ0) is 17.6. The van der Waals surface area contributed by atoms with Gasteiger partial charge in [-0.05, 0) is 37.3 Å². The maximum atomic E-state index is 12.4. The second-order valence-corrected chi connectivity index (χ2v) is 6.24. The van der Waals surface area contributed by atoms with Crippen LogP contribution >= 0.6 is 15.9 Å². The Morgan fingerprint density at radius 3 is 2.76 bits per heavy atom. The smallest absolute Gasteiger partial charge is 0.274 e. The Labute approximate surface area is 153 Å². The van der Waals surface area contributed by atoms with E-state index in [1.807, 2.05) is 42.5 Å². The molecule has 1 amide bonds. The van der Waals surface area contributed by atoms with E-state index in [1.165, 1.54) is 0 Å². The van der Waals surface area contributed by atoms with Crippen LogP contribution in [-0.2, 0) is 6.54 Å². The number of amides is 1. The molecule has 0 fully saturated rings. The first-order valence-electron chi connectivity index (χ1n) is 7.66. The maximum absolute atomic E-state index is 12.4. The molecule has 2 heterocycles. The minimum atomic E-state index is -0.288. The third kappa shape index (κ3) is 4.84. The lowest BCUT2D eigenvalue weighted by Gasteiger charge is -2.09. The van der Waals surface area contributed by atoms with Gasteiger partial charge in [-0.1, -0.05) is 28.1 Å². The fourth-order valence-electron chi connectivity index (χ4n) is 2.22. The summed E-state index contributed by atoms with van der Waals surface area (Å²) in [5.74, 6) is 0.812. The lowest BCUT2D eigenvalue weighted by molar-refractivity contribution is 0.102. The van der Waals surface area contributed by atoms with E-state index < -0.39 is 0 Å². The normalized spacial score (nSPS) is 10.3. The highest BCUT2D eigenvalue weighted by Crippen LogP contribution is 2.17. The third-order valence-corrected chi connectivity index (χ3v) is 3.82. The molecule has 3 aromatic rings. The van der Waals surface area contributed by atoms with Crippen LogP contribution in [0, 0.1) is 6.92 Å². The van der Waals surface area contributed by atoms with Gasteiger partial charge in [0, 0.05) is 22.4 Å². The van der Waals surface area contributed by atoms with Gasteiger partial charge in [-0.25, -0.2) is 9.97 Å². The van der Waals surface area contributed by atoms with Gasteiger partial charge in [-0.2, -0.15) is 0 Å². The van der Waals surface area contributed by atoms with Crippen molar-refractivity contribution in [2.75, 3.05) is 10.6 Å². The molecule has 0 saturated carbocycles. The molecule has 2 aromatic heterocycles. The first kappa shape index (κ1) is 17.0. The standard InChI is InChI=1S/C18H16BrN5O/c1-12-22-16(18(25)24-14-7-4-5-13(19)9-14)10-17(23-12)21-11-15-6-2-3-8-20-15/h2-10H,11H2,1H3,(H,24,25)(H,21,22,23). The van der Waals surface area contributed by atoms with Crippen LogP contribution in [-0.4, -0.2) is 20.9 Å². The second-order valence-electron chi connectivity index (χ2n) is 5.32. The van der Waals surface area contributed by atoms with Gasteiger partial charge in [-0.15, -0.1) is 0 Å². The Bertz CT molecular complexity index is 886. The van der Waals surface area contributed by atoms with Gasteiger partial charge in [0.2, 0.25) is 0 Å². The Hall–Kier alpha value is -2.80. The van der Waals surface area contributed by atoms with Gasteiger partial charge in [-0.3, -0.25) is 9.78 Å². The minimum Gasteiger partial charge on any atom is -0.364 e. The summed E-state index contributed by atoms with van der Waals surface area (Å²) in [5, 5.41) is 6.00. The monoisotopic (exact) mass is 397 g/mol. The quantitative estimate of drug-likeness (QED) is 0.684. The van der Waals surface area contributed by atoms with Gasteiger partial charge >= 0.3 is 0 Å². The van der Waals surface area contributed by atoms with Crippen molar-refractivity contribution in [1.29, 1.82) is 0 Å². The highest BCUT2D eigenvalue weighted by atomic mass is 79.9. The van der Waals surface area contributed by atoms with Gasteiger partial charge in [0.25, 0.3) is 5.91 Å². The molecule has 6 nitrogen and oxygen atoms in total. The predicted molar refractivity (Wildman–Crippen MR) is 100 cm³/mol. The molecule has 0 spiro atoms. The van der Waals surface area contributed by atoms with E-state index in [1.54, 1.807) is 19.2 Å². The fourth-order valence-corrected chi connectivity index (χ4v) is 2.62. The second kappa shape index (κ2) is 7.85. The van der Waals surface area contributed by atoms with Crippen LogP contribution < -0.4 is 10.6 Å². The number of aromatic nitrogens is 3. The van der Waals surface area contributed by atoms with E-state index in [0.717, 1.165) is 10.2 Å². The Balaban J connectivity index is 1.73. The largest absolute Gasteiger partial charge is 0.364 e. The van der Waals surface area contributed by atoms with Crippen LogP contribution in [0.1, 0.15) is 22.0 Å². The molecule has 25 heavy (non-hydrogen) atoms. The molecule has 3 rings (SSSR count). The number of halogens is 1. The topological polar surface area (TPSA) is 79.8 Å². The first-order valence-corrected chi connectivity index (χ1v) is 8.46. The van der Waals surface area contributed by atoms with Crippen LogP contribution in [0.4, 0.5) is 11.5 Å². The van der Waals surface area contributed by atoms with Crippen LogP contribution in [0.15, 0.2) is 59.2 Å². The zero-order valence-electron chi connectivity index (χ0n) is 13.5. The van der Waals surface area contributed by atoms with Crippen molar-refractivity contribution in [2.24, 2.45) is 0 Å². The van der Waals surface area contributed by atoms with E-state index in [0.29, 0.717) is 29.6 Å². The van der Waals surface area contributed by atoms with E-state index in [9.17, 15) is 4.79 Å². The minimum absolute atomic E-state index is 0.288. The summed E-state index contributed by atoms with van der Waals surface area (Å²) in [5.41, 5.74) is 1.88. The maximum Gasteiger partial charge on any atom is 0.274 e. The number of carbonyl (C=O) groups excluding carboxylic acids is 1. The summed E-state index contributed by atoms with van der Waals surface area (Å²) in [6.45, 7) is 2.27. The summed E-state index contributed by atoms with van der Waals surface area (Å²) in [6.07, 6.45) is 1.74. The Morgan fingerprint density at radius 1 is 1.12 bits per heavy atom. The van der Waals surface area contributed by atoms with Crippen LogP contribution in [0.25, 0.3) is 0 Å². The molecule has 2 N–H and O–H groups in total. The van der Waals surface area contributed by atoms with Gasteiger partial charge in [0.15, 0.2) is 0 Å². The number of nitrogens with one attached hydrogen (secondary N) is 2. The number of pyridine rings is 1. The average Bonchev–Trinajstić information content (AvgIpc) is 2.60. The summed E-state index contributed by atoms with van der Waals surface area (Å²) in [7, 11) is 0. The molecule has 0 bridgehead atoms. The molecule has 1 aromatic carbocycles. The van der Waals surface area contributed by atoms with Crippen molar-refractivity contribution in [3.63, 3.8) is 0 Å². The number of anilines is 2. The number of hydrogen-bond acceptors (Lipinski definition) is 5. The third-order valence-electron chi connectivity index (χ3n) is 3.33. The van der Waals surface area contributed by atoms with Crippen molar-refractivity contribution in [3.05, 3.63) is 76.4 Å². The lowest BCUT2D eigenvalue weighted by atomic mass is 10.3. The molecule has 0 unspecified atom stereocenters. The highest BCUT2D eigenvalue weighted by Gasteiger charge is 2.11. The summed E-state index contributed by atoms with van der Waals surface area (Å²) in [4.78, 5) is 25.2. The van der Waals surface area contributed by atoms with E-state index in [-0.39, 0.29) is 5.91 Å². The summed E-state index contributed by atoms with van der Waals surface area (Å²) >= 11 is 3.38. The van der Waals surface area contributed by atoms with Crippen molar-refractivity contribution in [2.45, 2.75) is 13.5 Å². The van der Waals surface area contributed by atoms with Crippen LogP contribution in [0.3, 0.4) is 0 Å². The number of rotatable bonds is 5. The van der Waals surface area contributed by atoms with Crippen molar-refractivity contribution in [3.8, 4) is 0 Å². The number of carbonyl (C=O) groups is 1. The molecule has 0 aliphatic rings. The van der Waals surface area contributed by atoms with Gasteiger partial charge in [0.05, 0.1) is 12.2 Å². The molecule has 0 aliphatic carbocycles. The van der Waals surface area contributed by atoms with Crippen molar-refractivity contribution in [1.82, 2.24) is 15.0 Å². The molecule has 0 saturated heterocycles. The molecule has 7 heteroatoms. The van der Waals surface area contributed by atoms with Crippen molar-refractivity contribution >= 4 is 33.3 Å². The Morgan fingerprint density at radius 2 is 2.00 bits per heavy atom. The van der Waals surface area contributed by atoms with Crippen LogP contribution in [0.2, 0.25) is 0 Å². The molecular formula is C18H16BrN5O. The van der Waals surface area contributed by atoms with Gasteiger partial charge < -0.3 is 10.6 Å². The summed E-state index contributed by atoms with van der Waals surface area (Å²) in [6, 6.07) is 14.7. The highest BCUT2D eigenvalue weighted by molar-refractivity contribution is 9.10. The number of benzene rings is 1. The molecule has 0 aliphatic heterocycles. The number of hydrogen-bond donors (Lipinski definition) is 2. The number of aryl methyl sites for hydroxylation is 1. The Kier molecular flexibility index (Phi) is 5.35. The summed E-state index contributed by atoms with van der Waals surface area (Å²) < 4.78 is 0.891. The zero-order valence-corrected chi connectivity index (χ0v) is 15.1. The molecule has 0 radical (unpaired) electrons. The lowest BCUT2D eigenvalue weighted by Crippen LogP contribution is -2.16. The molecular weight excluding hydrogens is 382 g/mol. The van der Waals surface area contributed by atoms with Crippen LogP contribution in [0.5, 0.6) is 0 Å². The van der Waals surface area contributed by atoms with Crippen molar-refractivity contribution < 1.29 is 4.79 Å². The predicted octanol–water partition coefficient (Wildman–Crippen LogP) is 3.81. The number of nitrogens with zero attached hydrogens (tertiary/aromatic N) is 3.